The fraction of sp³-hybridized carbons (Fsp3) is 0.353. The Labute approximate surface area is 136 Å². The van der Waals surface area contributed by atoms with E-state index >= 15 is 0 Å². The molecular weight excluding hydrogens is 312 g/mol. The van der Waals surface area contributed by atoms with Crippen molar-refractivity contribution >= 4 is 15.8 Å². The van der Waals surface area contributed by atoms with Crippen molar-refractivity contribution in [3.8, 4) is 0 Å². The number of rotatable bonds is 6. The lowest BCUT2D eigenvalue weighted by Crippen LogP contribution is -2.14. The quantitative estimate of drug-likeness (QED) is 0.883. The molecule has 5 nitrogen and oxygen atoms in total. The van der Waals surface area contributed by atoms with E-state index in [2.05, 4.69) is 9.71 Å². The van der Waals surface area contributed by atoms with Gasteiger partial charge in [0, 0.05) is 12.3 Å². The third-order valence-electron chi connectivity index (χ3n) is 3.85. The summed E-state index contributed by atoms with van der Waals surface area (Å²) in [5, 5.41) is 0. The number of hydrogen-bond acceptors (Lipinski definition) is 4. The van der Waals surface area contributed by atoms with Gasteiger partial charge in [0.05, 0.1) is 11.5 Å². The Morgan fingerprint density at radius 3 is 2.91 bits per heavy atom. The Kier molecular flexibility index (Phi) is 4.63. The lowest BCUT2D eigenvalue weighted by atomic mass is 10.2. The molecule has 0 aliphatic heterocycles. The zero-order valence-corrected chi connectivity index (χ0v) is 13.9. The van der Waals surface area contributed by atoms with Crippen molar-refractivity contribution < 1.29 is 13.2 Å². The minimum Gasteiger partial charge on any atom is -0.377 e. The summed E-state index contributed by atoms with van der Waals surface area (Å²) < 4.78 is 33.0. The predicted molar refractivity (Wildman–Crippen MR) is 88.8 cm³/mol. The van der Waals surface area contributed by atoms with E-state index in [1.54, 1.807) is 24.3 Å². The van der Waals surface area contributed by atoms with Crippen LogP contribution in [0.15, 0.2) is 41.3 Å². The summed E-state index contributed by atoms with van der Waals surface area (Å²) in [6.45, 7) is 2.90. The number of nitrogens with zero attached hydrogens (tertiary/aromatic N) is 1. The fourth-order valence-corrected chi connectivity index (χ4v) is 3.77. The van der Waals surface area contributed by atoms with Gasteiger partial charge in [0.1, 0.15) is 5.82 Å². The van der Waals surface area contributed by atoms with Gasteiger partial charge in [-0.15, -0.1) is 0 Å². The van der Waals surface area contributed by atoms with Gasteiger partial charge in [-0.2, -0.15) is 0 Å². The van der Waals surface area contributed by atoms with Gasteiger partial charge in [0.2, 0.25) is 0 Å². The molecule has 122 valence electrons. The summed E-state index contributed by atoms with van der Waals surface area (Å²) in [4.78, 5) is 4.64. The Hall–Kier alpha value is -1.92. The van der Waals surface area contributed by atoms with Crippen LogP contribution in [0.4, 0.5) is 5.82 Å². The molecule has 23 heavy (non-hydrogen) atoms. The zero-order chi connectivity index (χ0) is 16.3. The number of ether oxygens (including phenoxy) is 1. The van der Waals surface area contributed by atoms with Crippen LogP contribution in [0.1, 0.15) is 30.2 Å². The van der Waals surface area contributed by atoms with Crippen molar-refractivity contribution in [3.05, 3.63) is 53.2 Å². The first-order valence-corrected chi connectivity index (χ1v) is 9.25. The molecule has 0 amide bonds. The van der Waals surface area contributed by atoms with Gasteiger partial charge in [-0.25, -0.2) is 13.4 Å². The first kappa shape index (κ1) is 16.0. The molecule has 0 atom stereocenters. The molecule has 1 aliphatic rings. The van der Waals surface area contributed by atoms with Gasteiger partial charge in [-0.1, -0.05) is 18.2 Å². The summed E-state index contributed by atoms with van der Waals surface area (Å²) >= 11 is 0. The number of benzene rings is 1. The number of aromatic nitrogens is 1. The highest BCUT2D eigenvalue weighted by Gasteiger charge is 2.18. The van der Waals surface area contributed by atoms with Crippen LogP contribution in [0.3, 0.4) is 0 Å². The smallest absolute Gasteiger partial charge is 0.263 e. The molecule has 0 bridgehead atoms. The number of hydrogen-bond donors (Lipinski definition) is 1. The first-order valence-electron chi connectivity index (χ1n) is 7.77. The second-order valence-electron chi connectivity index (χ2n) is 5.55. The Bertz CT molecular complexity index is 803. The van der Waals surface area contributed by atoms with Crippen LogP contribution in [0, 0.1) is 0 Å². The summed E-state index contributed by atoms with van der Waals surface area (Å²) in [5.74, 6) is 0.376. The number of aryl methyl sites for hydroxylation is 2. The van der Waals surface area contributed by atoms with Crippen LogP contribution in [0.25, 0.3) is 0 Å². The van der Waals surface area contributed by atoms with Crippen LogP contribution < -0.4 is 4.72 Å². The lowest BCUT2D eigenvalue weighted by Gasteiger charge is -2.10. The van der Waals surface area contributed by atoms with Crippen molar-refractivity contribution in [2.75, 3.05) is 11.3 Å². The van der Waals surface area contributed by atoms with Crippen molar-refractivity contribution in [2.45, 2.75) is 37.7 Å². The maximum atomic E-state index is 12.5. The number of sulfonamides is 1. The molecule has 0 spiro atoms. The van der Waals surface area contributed by atoms with Gasteiger partial charge in [0.15, 0.2) is 0 Å². The Morgan fingerprint density at radius 1 is 1.22 bits per heavy atom. The molecule has 1 aromatic heterocycles. The van der Waals surface area contributed by atoms with E-state index in [0.29, 0.717) is 19.0 Å². The number of fused-ring (bicyclic) bond motifs is 1. The van der Waals surface area contributed by atoms with E-state index in [9.17, 15) is 8.42 Å². The number of anilines is 1. The molecule has 2 aromatic rings. The normalized spacial score (nSPS) is 13.8. The Morgan fingerprint density at radius 2 is 2.09 bits per heavy atom. The van der Waals surface area contributed by atoms with Gasteiger partial charge in [0.25, 0.3) is 10.0 Å². The molecule has 3 rings (SSSR count). The third-order valence-corrected chi connectivity index (χ3v) is 5.20. The van der Waals surface area contributed by atoms with Crippen LogP contribution >= 0.6 is 0 Å². The highest BCUT2D eigenvalue weighted by molar-refractivity contribution is 7.92. The van der Waals surface area contributed by atoms with E-state index in [1.807, 2.05) is 19.1 Å². The van der Waals surface area contributed by atoms with Crippen LogP contribution in [0.2, 0.25) is 0 Å². The van der Waals surface area contributed by atoms with Gasteiger partial charge >= 0.3 is 0 Å². The van der Waals surface area contributed by atoms with Crippen molar-refractivity contribution in [1.82, 2.24) is 4.98 Å². The monoisotopic (exact) mass is 332 g/mol. The fourth-order valence-electron chi connectivity index (χ4n) is 2.70. The maximum Gasteiger partial charge on any atom is 0.263 e. The van der Waals surface area contributed by atoms with Gasteiger partial charge in [-0.3, -0.25) is 4.72 Å². The molecular formula is C17H20N2O3S. The van der Waals surface area contributed by atoms with Crippen LogP contribution in [0.5, 0.6) is 0 Å². The van der Waals surface area contributed by atoms with E-state index in [0.717, 1.165) is 30.5 Å². The van der Waals surface area contributed by atoms with E-state index in [-0.39, 0.29) is 4.90 Å². The molecule has 0 saturated heterocycles. The zero-order valence-electron chi connectivity index (χ0n) is 13.1. The minimum atomic E-state index is -3.65. The molecule has 6 heteroatoms. The molecule has 1 N–H and O–H groups in total. The molecule has 1 aromatic carbocycles. The third kappa shape index (κ3) is 3.71. The molecule has 0 radical (unpaired) electrons. The first-order chi connectivity index (χ1) is 11.1. The van der Waals surface area contributed by atoms with Gasteiger partial charge in [-0.05, 0) is 55.5 Å². The largest absolute Gasteiger partial charge is 0.377 e. The SMILES string of the molecule is CCOCc1cccc(S(=O)(=O)Nc2ccc3c(n2)CCC3)c1. The molecule has 0 saturated carbocycles. The van der Waals surface area contributed by atoms with E-state index in [1.165, 1.54) is 5.56 Å². The minimum absolute atomic E-state index is 0.219. The summed E-state index contributed by atoms with van der Waals surface area (Å²) in [6.07, 6.45) is 3.02. The highest BCUT2D eigenvalue weighted by Crippen LogP contribution is 2.23. The molecule has 1 aliphatic carbocycles. The average Bonchev–Trinajstić information content (AvgIpc) is 3.00. The Balaban J connectivity index is 1.81. The summed E-state index contributed by atoms with van der Waals surface area (Å²) in [5.41, 5.74) is 3.04. The predicted octanol–water partition coefficient (Wildman–Crippen LogP) is 2.91. The summed E-state index contributed by atoms with van der Waals surface area (Å²) in [6, 6.07) is 10.5. The van der Waals surface area contributed by atoms with E-state index < -0.39 is 10.0 Å². The van der Waals surface area contributed by atoms with Crippen molar-refractivity contribution in [2.24, 2.45) is 0 Å². The second-order valence-corrected chi connectivity index (χ2v) is 7.23. The standard InChI is InChI=1S/C17H20N2O3S/c1-2-22-12-13-5-3-7-15(11-13)23(20,21)19-17-10-9-14-6-4-8-16(14)18-17/h3,5,7,9-11H,2,4,6,8,12H2,1H3,(H,18,19). The maximum absolute atomic E-state index is 12.5. The number of pyridine rings is 1. The van der Waals surface area contributed by atoms with Crippen LogP contribution in [-0.2, 0) is 34.2 Å². The topological polar surface area (TPSA) is 68.3 Å². The van der Waals surface area contributed by atoms with Gasteiger partial charge < -0.3 is 4.74 Å². The second kappa shape index (κ2) is 6.68. The average molecular weight is 332 g/mol. The molecule has 0 unspecified atom stereocenters. The lowest BCUT2D eigenvalue weighted by molar-refractivity contribution is 0.134. The molecule has 0 fully saturated rings. The van der Waals surface area contributed by atoms with Crippen molar-refractivity contribution in [1.29, 1.82) is 0 Å². The van der Waals surface area contributed by atoms with Crippen molar-refractivity contribution in [3.63, 3.8) is 0 Å². The number of nitrogens with one attached hydrogen (secondary N) is 1. The summed E-state index contributed by atoms with van der Waals surface area (Å²) in [7, 11) is -3.65. The van der Waals surface area contributed by atoms with Crippen LogP contribution in [-0.4, -0.2) is 20.0 Å². The van der Waals surface area contributed by atoms with E-state index in [4.69, 9.17) is 4.74 Å². The molecule has 1 heterocycles. The highest BCUT2D eigenvalue weighted by atomic mass is 32.2.